The lowest BCUT2D eigenvalue weighted by molar-refractivity contribution is -0.133. The monoisotopic (exact) mass is 349 g/mol. The molecule has 3 rings (SSSR count). The molecule has 2 heterocycles. The third-order valence-corrected chi connectivity index (χ3v) is 6.70. The zero-order valence-corrected chi connectivity index (χ0v) is 14.4. The molecule has 0 N–H and O–H groups in total. The van der Waals surface area contributed by atoms with Gasteiger partial charge in [-0.2, -0.15) is 0 Å². The first-order chi connectivity index (χ1) is 11.0. The molecule has 0 bridgehead atoms. The van der Waals surface area contributed by atoms with E-state index in [1.165, 1.54) is 0 Å². The van der Waals surface area contributed by atoms with Crippen molar-refractivity contribution in [3.8, 4) is 0 Å². The van der Waals surface area contributed by atoms with Gasteiger partial charge in [0.25, 0.3) is 0 Å². The first-order valence-electron chi connectivity index (χ1n) is 7.60. The van der Waals surface area contributed by atoms with Gasteiger partial charge in [0.15, 0.2) is 9.84 Å². The van der Waals surface area contributed by atoms with E-state index < -0.39 is 9.84 Å². The number of thiophene rings is 1. The first kappa shape index (κ1) is 16.2. The Labute approximate surface area is 140 Å². The minimum absolute atomic E-state index is 0.00148. The Morgan fingerprint density at radius 1 is 1.17 bits per heavy atom. The maximum atomic E-state index is 12.8. The van der Waals surface area contributed by atoms with E-state index in [1.807, 2.05) is 47.8 Å². The molecule has 1 aliphatic heterocycles. The van der Waals surface area contributed by atoms with E-state index in [4.69, 9.17) is 0 Å². The van der Waals surface area contributed by atoms with Gasteiger partial charge in [-0.1, -0.05) is 36.4 Å². The van der Waals surface area contributed by atoms with Gasteiger partial charge in [0, 0.05) is 17.5 Å². The van der Waals surface area contributed by atoms with Gasteiger partial charge < -0.3 is 4.90 Å². The van der Waals surface area contributed by atoms with Crippen molar-refractivity contribution in [2.45, 2.75) is 25.4 Å². The molecule has 122 valence electrons. The largest absolute Gasteiger partial charge is 0.334 e. The van der Waals surface area contributed by atoms with Crippen LogP contribution >= 0.6 is 11.3 Å². The second kappa shape index (κ2) is 6.84. The summed E-state index contributed by atoms with van der Waals surface area (Å²) in [5.74, 6) is 0.254. The maximum Gasteiger partial charge on any atom is 0.228 e. The van der Waals surface area contributed by atoms with Crippen LogP contribution in [0.4, 0.5) is 0 Å². The van der Waals surface area contributed by atoms with Crippen LogP contribution in [-0.2, 0) is 27.6 Å². The fourth-order valence-corrected chi connectivity index (χ4v) is 5.31. The molecular formula is C17H19NO3S2. The highest BCUT2D eigenvalue weighted by molar-refractivity contribution is 7.91. The van der Waals surface area contributed by atoms with E-state index in [-0.39, 0.29) is 23.5 Å². The minimum atomic E-state index is -3.02. The Morgan fingerprint density at radius 3 is 2.57 bits per heavy atom. The number of amides is 1. The Morgan fingerprint density at radius 2 is 1.96 bits per heavy atom. The highest BCUT2D eigenvalue weighted by Crippen LogP contribution is 2.22. The van der Waals surface area contributed by atoms with Crippen molar-refractivity contribution in [3.63, 3.8) is 0 Å². The summed E-state index contributed by atoms with van der Waals surface area (Å²) >= 11 is 1.55. The van der Waals surface area contributed by atoms with Gasteiger partial charge in [-0.05, 0) is 23.4 Å². The van der Waals surface area contributed by atoms with Crippen molar-refractivity contribution in [2.24, 2.45) is 0 Å². The lowest BCUT2D eigenvalue weighted by Gasteiger charge is -2.28. The topological polar surface area (TPSA) is 54.5 Å². The van der Waals surface area contributed by atoms with Crippen LogP contribution in [-0.4, -0.2) is 36.8 Å². The van der Waals surface area contributed by atoms with Crippen molar-refractivity contribution in [1.82, 2.24) is 4.90 Å². The van der Waals surface area contributed by atoms with E-state index in [9.17, 15) is 13.2 Å². The Bertz CT molecular complexity index is 754. The number of benzene rings is 1. The number of hydrogen-bond donors (Lipinski definition) is 0. The average molecular weight is 349 g/mol. The molecule has 1 aliphatic rings. The summed E-state index contributed by atoms with van der Waals surface area (Å²) < 4.78 is 23.6. The van der Waals surface area contributed by atoms with Gasteiger partial charge in [-0.25, -0.2) is 8.42 Å². The Hall–Kier alpha value is -1.66. The molecule has 6 heteroatoms. The van der Waals surface area contributed by atoms with Crippen LogP contribution in [0.1, 0.15) is 16.9 Å². The van der Waals surface area contributed by atoms with Gasteiger partial charge in [0.05, 0.1) is 17.9 Å². The van der Waals surface area contributed by atoms with Crippen LogP contribution in [0.15, 0.2) is 47.8 Å². The fourth-order valence-electron chi connectivity index (χ4n) is 2.89. The average Bonchev–Trinajstić information content (AvgIpc) is 3.15. The number of rotatable bonds is 5. The standard InChI is InChI=1S/C17H19NO3S2/c19-17(11-16-7-4-9-22-16)18(12-14-5-2-1-3-6-14)15-8-10-23(20,21)13-15/h1-7,9,15H,8,10-13H2/t15-/m0/s1. The van der Waals surface area contributed by atoms with E-state index >= 15 is 0 Å². The lowest BCUT2D eigenvalue weighted by Crippen LogP contribution is -2.41. The van der Waals surface area contributed by atoms with Crippen molar-refractivity contribution in [2.75, 3.05) is 11.5 Å². The molecule has 4 nitrogen and oxygen atoms in total. The molecule has 1 saturated heterocycles. The maximum absolute atomic E-state index is 12.8. The highest BCUT2D eigenvalue weighted by atomic mass is 32.2. The molecule has 1 aromatic heterocycles. The van der Waals surface area contributed by atoms with Crippen molar-refractivity contribution < 1.29 is 13.2 Å². The summed E-state index contributed by atoms with van der Waals surface area (Å²) in [6.45, 7) is 0.464. The zero-order chi connectivity index (χ0) is 16.3. The highest BCUT2D eigenvalue weighted by Gasteiger charge is 2.34. The molecule has 0 saturated carbocycles. The summed E-state index contributed by atoms with van der Waals surface area (Å²) in [6, 6.07) is 13.4. The number of nitrogens with zero attached hydrogens (tertiary/aromatic N) is 1. The number of carbonyl (C=O) groups excluding carboxylic acids is 1. The molecule has 2 aromatic rings. The van der Waals surface area contributed by atoms with E-state index in [0.717, 1.165) is 10.4 Å². The van der Waals surface area contributed by atoms with Gasteiger partial charge in [0.2, 0.25) is 5.91 Å². The summed E-state index contributed by atoms with van der Waals surface area (Å²) in [7, 11) is -3.02. The summed E-state index contributed by atoms with van der Waals surface area (Å²) in [6.07, 6.45) is 0.867. The third-order valence-electron chi connectivity index (χ3n) is 4.07. The predicted octanol–water partition coefficient (Wildman–Crippen LogP) is 2.51. The van der Waals surface area contributed by atoms with Crippen LogP contribution in [0.3, 0.4) is 0 Å². The van der Waals surface area contributed by atoms with Crippen molar-refractivity contribution in [1.29, 1.82) is 0 Å². The van der Waals surface area contributed by atoms with Crippen LogP contribution in [0.5, 0.6) is 0 Å². The van der Waals surface area contributed by atoms with Crippen LogP contribution < -0.4 is 0 Å². The molecule has 1 fully saturated rings. The lowest BCUT2D eigenvalue weighted by atomic mass is 10.1. The van der Waals surface area contributed by atoms with E-state index in [2.05, 4.69) is 0 Å². The van der Waals surface area contributed by atoms with Crippen molar-refractivity contribution >= 4 is 27.1 Å². The van der Waals surface area contributed by atoms with Crippen molar-refractivity contribution in [3.05, 3.63) is 58.3 Å². The molecule has 1 aromatic carbocycles. The number of sulfone groups is 1. The third kappa shape index (κ3) is 4.20. The Kier molecular flexibility index (Phi) is 4.82. The Balaban J connectivity index is 1.79. The van der Waals surface area contributed by atoms with E-state index in [1.54, 1.807) is 16.2 Å². The number of hydrogen-bond acceptors (Lipinski definition) is 4. The summed E-state index contributed by atoms with van der Waals surface area (Å²) in [5, 5.41) is 1.95. The second-order valence-electron chi connectivity index (χ2n) is 5.82. The van der Waals surface area contributed by atoms with Gasteiger partial charge >= 0.3 is 0 Å². The predicted molar refractivity (Wildman–Crippen MR) is 92.1 cm³/mol. The smallest absolute Gasteiger partial charge is 0.228 e. The molecule has 1 amide bonds. The quantitative estimate of drug-likeness (QED) is 0.833. The molecule has 23 heavy (non-hydrogen) atoms. The zero-order valence-electron chi connectivity index (χ0n) is 12.7. The summed E-state index contributed by atoms with van der Waals surface area (Å²) in [4.78, 5) is 15.5. The van der Waals surface area contributed by atoms with Crippen LogP contribution in [0.2, 0.25) is 0 Å². The number of carbonyl (C=O) groups is 1. The molecule has 0 spiro atoms. The van der Waals surface area contributed by atoms with Crippen LogP contribution in [0.25, 0.3) is 0 Å². The molecule has 0 unspecified atom stereocenters. The summed E-state index contributed by atoms with van der Waals surface area (Å²) in [5.41, 5.74) is 1.02. The molecular weight excluding hydrogens is 330 g/mol. The normalized spacial score (nSPS) is 19.6. The SMILES string of the molecule is O=C(Cc1cccs1)N(Cc1ccccc1)[C@H]1CCS(=O)(=O)C1. The van der Waals surface area contributed by atoms with Gasteiger partial charge in [0.1, 0.15) is 0 Å². The molecule has 1 atom stereocenters. The van der Waals surface area contributed by atoms with Crippen LogP contribution in [0, 0.1) is 0 Å². The minimum Gasteiger partial charge on any atom is -0.334 e. The molecule has 0 radical (unpaired) electrons. The van der Waals surface area contributed by atoms with Gasteiger partial charge in [-0.15, -0.1) is 11.3 Å². The second-order valence-corrected chi connectivity index (χ2v) is 9.08. The molecule has 0 aliphatic carbocycles. The first-order valence-corrected chi connectivity index (χ1v) is 10.3. The van der Waals surface area contributed by atoms with Gasteiger partial charge in [-0.3, -0.25) is 4.79 Å². The fraction of sp³-hybridized carbons (Fsp3) is 0.353. The van der Waals surface area contributed by atoms with E-state index in [0.29, 0.717) is 19.4 Å².